The van der Waals surface area contributed by atoms with Crippen LogP contribution in [0.1, 0.15) is 31.8 Å². The van der Waals surface area contributed by atoms with Crippen molar-refractivity contribution in [2.24, 2.45) is 5.14 Å². The standard InChI is InChI=1S/C17H18N2O5S/c1-10-8-14(25(18,22)23)9-15(11(10)2)19-16(20)12-4-6-13(7-5-12)17(21)24-3/h4-9H,1-3H3,(H,19,20)(H2,18,22,23). The maximum absolute atomic E-state index is 12.4. The molecule has 25 heavy (non-hydrogen) atoms. The van der Waals surface area contributed by atoms with Gasteiger partial charge < -0.3 is 10.1 Å². The van der Waals surface area contributed by atoms with Crippen LogP contribution in [0.5, 0.6) is 0 Å². The van der Waals surface area contributed by atoms with E-state index in [1.807, 2.05) is 0 Å². The largest absolute Gasteiger partial charge is 0.465 e. The molecule has 0 atom stereocenters. The summed E-state index contributed by atoms with van der Waals surface area (Å²) in [5, 5.41) is 7.83. The Morgan fingerprint density at radius 2 is 1.60 bits per heavy atom. The number of aryl methyl sites for hydroxylation is 1. The summed E-state index contributed by atoms with van der Waals surface area (Å²) >= 11 is 0. The summed E-state index contributed by atoms with van der Waals surface area (Å²) in [6.07, 6.45) is 0. The molecule has 2 rings (SSSR count). The molecule has 2 aromatic carbocycles. The number of anilines is 1. The molecule has 0 aliphatic rings. The first-order chi connectivity index (χ1) is 11.6. The van der Waals surface area contributed by atoms with E-state index in [1.165, 1.54) is 43.5 Å². The van der Waals surface area contributed by atoms with Gasteiger partial charge in [0.15, 0.2) is 0 Å². The third-order valence-corrected chi connectivity index (χ3v) is 4.68. The van der Waals surface area contributed by atoms with Gasteiger partial charge in [0.1, 0.15) is 0 Å². The van der Waals surface area contributed by atoms with Gasteiger partial charge in [-0.25, -0.2) is 18.4 Å². The molecule has 7 nitrogen and oxygen atoms in total. The van der Waals surface area contributed by atoms with Crippen LogP contribution in [0, 0.1) is 13.8 Å². The number of benzene rings is 2. The lowest BCUT2D eigenvalue weighted by molar-refractivity contribution is 0.0600. The highest BCUT2D eigenvalue weighted by molar-refractivity contribution is 7.89. The van der Waals surface area contributed by atoms with E-state index >= 15 is 0 Å². The van der Waals surface area contributed by atoms with Crippen LogP contribution in [0.4, 0.5) is 5.69 Å². The molecule has 0 radical (unpaired) electrons. The molecule has 0 fully saturated rings. The number of nitrogens with one attached hydrogen (secondary N) is 1. The van der Waals surface area contributed by atoms with Crippen molar-refractivity contribution in [1.82, 2.24) is 0 Å². The molecule has 0 heterocycles. The minimum atomic E-state index is -3.89. The number of carbonyl (C=O) groups is 2. The number of hydrogen-bond acceptors (Lipinski definition) is 5. The highest BCUT2D eigenvalue weighted by Gasteiger charge is 2.15. The summed E-state index contributed by atoms with van der Waals surface area (Å²) in [6, 6.07) is 8.67. The van der Waals surface area contributed by atoms with E-state index < -0.39 is 21.9 Å². The van der Waals surface area contributed by atoms with E-state index in [0.717, 1.165) is 5.56 Å². The number of rotatable bonds is 4. The normalized spacial score (nSPS) is 11.0. The fourth-order valence-corrected chi connectivity index (χ4v) is 2.81. The van der Waals surface area contributed by atoms with E-state index in [4.69, 9.17) is 5.14 Å². The molecule has 1 amide bonds. The Balaban J connectivity index is 2.31. The molecule has 132 valence electrons. The summed E-state index contributed by atoms with van der Waals surface area (Å²) in [6.45, 7) is 3.49. The van der Waals surface area contributed by atoms with Gasteiger partial charge in [-0.05, 0) is 61.4 Å². The molecule has 0 saturated carbocycles. The second-order valence-corrected chi connectivity index (χ2v) is 7.04. The Hall–Kier alpha value is -2.71. The average Bonchev–Trinajstić information content (AvgIpc) is 2.57. The molecule has 0 unspecified atom stereocenters. The fourth-order valence-electron chi connectivity index (χ4n) is 2.19. The van der Waals surface area contributed by atoms with Crippen LogP contribution in [-0.4, -0.2) is 27.4 Å². The molecule has 3 N–H and O–H groups in total. The Morgan fingerprint density at radius 1 is 1.04 bits per heavy atom. The second kappa shape index (κ2) is 7.04. The summed E-state index contributed by atoms with van der Waals surface area (Å²) in [5.74, 6) is -0.940. The van der Waals surface area contributed by atoms with Gasteiger partial charge in [0.05, 0.1) is 17.6 Å². The summed E-state index contributed by atoms with van der Waals surface area (Å²) < 4.78 is 27.7. The number of hydrogen-bond donors (Lipinski definition) is 2. The molecule has 0 bridgehead atoms. The first-order valence-corrected chi connectivity index (χ1v) is 8.82. The smallest absolute Gasteiger partial charge is 0.337 e. The van der Waals surface area contributed by atoms with Crippen molar-refractivity contribution in [3.8, 4) is 0 Å². The molecular weight excluding hydrogens is 344 g/mol. The quantitative estimate of drug-likeness (QED) is 0.807. The zero-order chi connectivity index (χ0) is 18.8. The molecule has 2 aromatic rings. The van der Waals surface area contributed by atoms with Crippen molar-refractivity contribution in [2.45, 2.75) is 18.7 Å². The number of ether oxygens (including phenoxy) is 1. The number of sulfonamides is 1. The van der Waals surface area contributed by atoms with Gasteiger partial charge in [-0.15, -0.1) is 0 Å². The third-order valence-electron chi connectivity index (χ3n) is 3.79. The Morgan fingerprint density at radius 3 is 2.12 bits per heavy atom. The van der Waals surface area contributed by atoms with Gasteiger partial charge in [0, 0.05) is 11.3 Å². The summed E-state index contributed by atoms with van der Waals surface area (Å²) in [4.78, 5) is 23.7. The summed E-state index contributed by atoms with van der Waals surface area (Å²) in [7, 11) is -2.62. The number of methoxy groups -OCH3 is 1. The predicted octanol–water partition coefficient (Wildman–Crippen LogP) is 1.99. The highest BCUT2D eigenvalue weighted by Crippen LogP contribution is 2.24. The first-order valence-electron chi connectivity index (χ1n) is 7.27. The van der Waals surface area contributed by atoms with Crippen molar-refractivity contribution in [3.05, 3.63) is 58.7 Å². The highest BCUT2D eigenvalue weighted by atomic mass is 32.2. The molecule has 0 aliphatic carbocycles. The Labute approximate surface area is 145 Å². The second-order valence-electron chi connectivity index (χ2n) is 5.48. The zero-order valence-electron chi connectivity index (χ0n) is 14.0. The molecular formula is C17H18N2O5S. The van der Waals surface area contributed by atoms with Gasteiger partial charge >= 0.3 is 5.97 Å². The Kier molecular flexibility index (Phi) is 5.24. The van der Waals surface area contributed by atoms with Crippen LogP contribution >= 0.6 is 0 Å². The molecule has 0 aromatic heterocycles. The van der Waals surface area contributed by atoms with Crippen molar-refractivity contribution < 1.29 is 22.7 Å². The first kappa shape index (κ1) is 18.6. The summed E-state index contributed by atoms with van der Waals surface area (Å²) in [5.41, 5.74) is 2.40. The Bertz CT molecular complexity index is 934. The van der Waals surface area contributed by atoms with Crippen LogP contribution in [0.3, 0.4) is 0 Å². The number of primary sulfonamides is 1. The van der Waals surface area contributed by atoms with Crippen LogP contribution in [0.15, 0.2) is 41.3 Å². The van der Waals surface area contributed by atoms with E-state index in [0.29, 0.717) is 22.4 Å². The lowest BCUT2D eigenvalue weighted by Gasteiger charge is -2.13. The zero-order valence-corrected chi connectivity index (χ0v) is 14.8. The minimum absolute atomic E-state index is 0.0769. The van der Waals surface area contributed by atoms with E-state index in [9.17, 15) is 18.0 Å². The van der Waals surface area contributed by atoms with Gasteiger partial charge in [0.25, 0.3) is 5.91 Å². The van der Waals surface area contributed by atoms with Crippen molar-refractivity contribution in [1.29, 1.82) is 0 Å². The van der Waals surface area contributed by atoms with Crippen LogP contribution in [0.25, 0.3) is 0 Å². The van der Waals surface area contributed by atoms with Gasteiger partial charge in [0.2, 0.25) is 10.0 Å². The van der Waals surface area contributed by atoms with Gasteiger partial charge in [-0.1, -0.05) is 0 Å². The maximum atomic E-state index is 12.4. The molecule has 0 aliphatic heterocycles. The lowest BCUT2D eigenvalue weighted by Crippen LogP contribution is -2.16. The van der Waals surface area contributed by atoms with Crippen molar-refractivity contribution in [2.75, 3.05) is 12.4 Å². The van der Waals surface area contributed by atoms with E-state index in [-0.39, 0.29) is 4.90 Å². The van der Waals surface area contributed by atoms with Crippen LogP contribution in [0.2, 0.25) is 0 Å². The van der Waals surface area contributed by atoms with Crippen molar-refractivity contribution >= 4 is 27.6 Å². The van der Waals surface area contributed by atoms with Gasteiger partial charge in [-0.2, -0.15) is 0 Å². The maximum Gasteiger partial charge on any atom is 0.337 e. The fraction of sp³-hybridized carbons (Fsp3) is 0.176. The topological polar surface area (TPSA) is 116 Å². The average molecular weight is 362 g/mol. The SMILES string of the molecule is COC(=O)c1ccc(C(=O)Nc2cc(S(N)(=O)=O)cc(C)c2C)cc1. The molecule has 0 saturated heterocycles. The number of esters is 1. The van der Waals surface area contributed by atoms with E-state index in [2.05, 4.69) is 10.1 Å². The van der Waals surface area contributed by atoms with Crippen LogP contribution in [-0.2, 0) is 14.8 Å². The monoisotopic (exact) mass is 362 g/mol. The predicted molar refractivity (Wildman–Crippen MR) is 93.0 cm³/mol. The number of amides is 1. The van der Waals surface area contributed by atoms with Crippen LogP contribution < -0.4 is 10.5 Å². The molecule has 0 spiro atoms. The van der Waals surface area contributed by atoms with Gasteiger partial charge in [-0.3, -0.25) is 4.79 Å². The lowest BCUT2D eigenvalue weighted by atomic mass is 10.1. The molecule has 8 heteroatoms. The van der Waals surface area contributed by atoms with Crippen molar-refractivity contribution in [3.63, 3.8) is 0 Å². The third kappa shape index (κ3) is 4.23. The number of nitrogens with two attached hydrogens (primary N) is 1. The minimum Gasteiger partial charge on any atom is -0.465 e. The van der Waals surface area contributed by atoms with E-state index in [1.54, 1.807) is 13.8 Å². The number of carbonyl (C=O) groups excluding carboxylic acids is 2.